The Morgan fingerprint density at radius 3 is 2.46 bits per heavy atom. The highest BCUT2D eigenvalue weighted by Crippen LogP contribution is 2.37. The second-order valence-electron chi connectivity index (χ2n) is 5.12. The summed E-state index contributed by atoms with van der Waals surface area (Å²) in [6, 6.07) is 13.2. The van der Waals surface area contributed by atoms with Crippen molar-refractivity contribution in [2.45, 2.75) is 6.92 Å². The molecule has 0 radical (unpaired) electrons. The first-order valence-electron chi connectivity index (χ1n) is 7.06. The van der Waals surface area contributed by atoms with Crippen LogP contribution in [0.15, 0.2) is 53.4 Å². The predicted octanol–water partition coefficient (Wildman–Crippen LogP) is 4.14. The van der Waals surface area contributed by atoms with Crippen LogP contribution in [0.5, 0.6) is 0 Å². The van der Waals surface area contributed by atoms with Gasteiger partial charge in [-0.3, -0.25) is 19.7 Å². The molecule has 0 aliphatic carbocycles. The monoisotopic (exact) mass is 340 g/mol. The fourth-order valence-electron chi connectivity index (χ4n) is 2.41. The second-order valence-corrected chi connectivity index (χ2v) is 6.11. The van der Waals surface area contributed by atoms with Crippen molar-refractivity contribution in [2.75, 3.05) is 4.90 Å². The zero-order chi connectivity index (χ0) is 17.3. The van der Waals surface area contributed by atoms with Crippen molar-refractivity contribution in [1.29, 1.82) is 0 Å². The SMILES string of the molecule is Cc1ccccc1N1C(=O)SC(=Cc2ccccc2[N+](=O)[O-])C1=O. The van der Waals surface area contributed by atoms with Crippen molar-refractivity contribution >= 4 is 40.4 Å². The van der Waals surface area contributed by atoms with Crippen LogP contribution in [0.1, 0.15) is 11.1 Å². The number of nitro benzene ring substituents is 1. The van der Waals surface area contributed by atoms with Crippen LogP contribution in [-0.4, -0.2) is 16.1 Å². The van der Waals surface area contributed by atoms with Crippen molar-refractivity contribution in [3.8, 4) is 0 Å². The van der Waals surface area contributed by atoms with Crippen LogP contribution in [-0.2, 0) is 4.79 Å². The van der Waals surface area contributed by atoms with Gasteiger partial charge < -0.3 is 0 Å². The third kappa shape index (κ3) is 2.81. The van der Waals surface area contributed by atoms with Gasteiger partial charge in [-0.05, 0) is 42.5 Å². The molecule has 1 aliphatic rings. The summed E-state index contributed by atoms with van der Waals surface area (Å²) in [7, 11) is 0. The van der Waals surface area contributed by atoms with Crippen LogP contribution >= 0.6 is 11.8 Å². The van der Waals surface area contributed by atoms with Gasteiger partial charge in [0, 0.05) is 6.07 Å². The van der Waals surface area contributed by atoms with Gasteiger partial charge in [-0.2, -0.15) is 0 Å². The number of hydrogen-bond acceptors (Lipinski definition) is 5. The number of para-hydroxylation sites is 2. The topological polar surface area (TPSA) is 80.5 Å². The lowest BCUT2D eigenvalue weighted by Gasteiger charge is -2.14. The van der Waals surface area contributed by atoms with E-state index in [4.69, 9.17) is 0 Å². The van der Waals surface area contributed by atoms with Crippen LogP contribution in [0.3, 0.4) is 0 Å². The van der Waals surface area contributed by atoms with Gasteiger partial charge in [0.1, 0.15) is 0 Å². The van der Waals surface area contributed by atoms with E-state index in [9.17, 15) is 19.7 Å². The molecule has 2 amide bonds. The lowest BCUT2D eigenvalue weighted by Crippen LogP contribution is -2.28. The molecule has 0 saturated carbocycles. The third-order valence-corrected chi connectivity index (χ3v) is 4.44. The van der Waals surface area contributed by atoms with E-state index in [1.54, 1.807) is 30.3 Å². The molecule has 1 saturated heterocycles. The zero-order valence-electron chi connectivity index (χ0n) is 12.6. The number of nitrogens with zero attached hydrogens (tertiary/aromatic N) is 2. The van der Waals surface area contributed by atoms with Crippen molar-refractivity contribution in [2.24, 2.45) is 0 Å². The molecule has 0 unspecified atom stereocenters. The van der Waals surface area contributed by atoms with Crippen molar-refractivity contribution < 1.29 is 14.5 Å². The van der Waals surface area contributed by atoms with Gasteiger partial charge in [0.2, 0.25) is 0 Å². The molecule has 0 aromatic heterocycles. The average Bonchev–Trinajstić information content (AvgIpc) is 2.82. The van der Waals surface area contributed by atoms with Crippen LogP contribution in [0.4, 0.5) is 16.2 Å². The van der Waals surface area contributed by atoms with Gasteiger partial charge in [0.25, 0.3) is 16.8 Å². The standard InChI is InChI=1S/C17H12N2O4S/c1-11-6-2-4-8-13(11)18-16(20)15(24-17(18)21)10-12-7-3-5-9-14(12)19(22)23/h2-10H,1H3. The van der Waals surface area contributed by atoms with Gasteiger partial charge in [0.05, 0.1) is 21.1 Å². The number of nitro groups is 1. The minimum absolute atomic E-state index is 0.111. The summed E-state index contributed by atoms with van der Waals surface area (Å²) in [5.41, 5.74) is 1.50. The highest BCUT2D eigenvalue weighted by atomic mass is 32.2. The van der Waals surface area contributed by atoms with E-state index in [1.807, 2.05) is 19.1 Å². The first-order valence-corrected chi connectivity index (χ1v) is 7.87. The molecule has 2 aromatic rings. The number of amides is 2. The van der Waals surface area contributed by atoms with Crippen LogP contribution in [0.2, 0.25) is 0 Å². The molecule has 1 fully saturated rings. The predicted molar refractivity (Wildman–Crippen MR) is 92.7 cm³/mol. The molecular formula is C17H12N2O4S. The van der Waals surface area contributed by atoms with Gasteiger partial charge in [-0.25, -0.2) is 4.90 Å². The molecular weight excluding hydrogens is 328 g/mol. The molecule has 24 heavy (non-hydrogen) atoms. The van der Waals surface area contributed by atoms with E-state index < -0.39 is 16.1 Å². The molecule has 6 nitrogen and oxygen atoms in total. The number of carbonyl (C=O) groups is 2. The summed E-state index contributed by atoms with van der Waals surface area (Å²) in [5, 5.41) is 10.7. The summed E-state index contributed by atoms with van der Waals surface area (Å²) in [6.07, 6.45) is 1.39. The maximum Gasteiger partial charge on any atom is 0.298 e. The number of hydrogen-bond donors (Lipinski definition) is 0. The summed E-state index contributed by atoms with van der Waals surface area (Å²) in [4.78, 5) is 36.7. The van der Waals surface area contributed by atoms with Crippen molar-refractivity contribution in [3.63, 3.8) is 0 Å². The maximum atomic E-state index is 12.6. The number of aryl methyl sites for hydroxylation is 1. The lowest BCUT2D eigenvalue weighted by molar-refractivity contribution is -0.385. The minimum atomic E-state index is -0.516. The molecule has 1 aliphatic heterocycles. The Kier molecular flexibility index (Phi) is 4.18. The summed E-state index contributed by atoms with van der Waals surface area (Å²) in [5.74, 6) is -0.475. The van der Waals surface area contributed by atoms with Crippen LogP contribution in [0, 0.1) is 17.0 Å². The number of benzene rings is 2. The quantitative estimate of drug-likeness (QED) is 0.476. The smallest absolute Gasteiger partial charge is 0.268 e. The minimum Gasteiger partial charge on any atom is -0.268 e. The summed E-state index contributed by atoms with van der Waals surface area (Å²) in [6.45, 7) is 1.81. The molecule has 0 bridgehead atoms. The Morgan fingerprint density at radius 2 is 1.75 bits per heavy atom. The van der Waals surface area contributed by atoms with Gasteiger partial charge in [-0.15, -0.1) is 0 Å². The first-order chi connectivity index (χ1) is 11.5. The first kappa shape index (κ1) is 15.9. The van der Waals surface area contributed by atoms with Gasteiger partial charge in [-0.1, -0.05) is 30.3 Å². The van der Waals surface area contributed by atoms with Crippen LogP contribution < -0.4 is 4.90 Å². The summed E-state index contributed by atoms with van der Waals surface area (Å²) >= 11 is 0.777. The Balaban J connectivity index is 2.01. The highest BCUT2D eigenvalue weighted by molar-refractivity contribution is 8.19. The molecule has 0 N–H and O–H groups in total. The molecule has 3 rings (SSSR count). The highest BCUT2D eigenvalue weighted by Gasteiger charge is 2.37. The van der Waals surface area contributed by atoms with Crippen LogP contribution in [0.25, 0.3) is 6.08 Å². The van der Waals surface area contributed by atoms with E-state index >= 15 is 0 Å². The Bertz CT molecular complexity index is 892. The van der Waals surface area contributed by atoms with Gasteiger partial charge >= 0.3 is 0 Å². The molecule has 0 spiro atoms. The Labute approximate surface area is 141 Å². The average molecular weight is 340 g/mol. The normalized spacial score (nSPS) is 16.0. The second kappa shape index (κ2) is 6.29. The molecule has 1 heterocycles. The number of carbonyl (C=O) groups excluding carboxylic acids is 2. The number of imide groups is 1. The zero-order valence-corrected chi connectivity index (χ0v) is 13.4. The Hall–Kier alpha value is -2.93. The van der Waals surface area contributed by atoms with E-state index in [-0.39, 0.29) is 16.2 Å². The van der Waals surface area contributed by atoms with E-state index in [1.165, 1.54) is 12.1 Å². The summed E-state index contributed by atoms with van der Waals surface area (Å²) < 4.78 is 0. The molecule has 7 heteroatoms. The largest absolute Gasteiger partial charge is 0.298 e. The van der Waals surface area contributed by atoms with Gasteiger partial charge in [0.15, 0.2) is 0 Å². The molecule has 0 atom stereocenters. The molecule has 2 aromatic carbocycles. The molecule has 120 valence electrons. The number of rotatable bonds is 3. The van der Waals surface area contributed by atoms with E-state index in [0.29, 0.717) is 5.69 Å². The fraction of sp³-hybridized carbons (Fsp3) is 0.0588. The third-order valence-electron chi connectivity index (χ3n) is 3.57. The van der Waals surface area contributed by atoms with E-state index in [0.717, 1.165) is 22.2 Å². The number of thioether (sulfide) groups is 1. The Morgan fingerprint density at radius 1 is 1.08 bits per heavy atom. The lowest BCUT2D eigenvalue weighted by atomic mass is 10.1. The maximum absolute atomic E-state index is 12.6. The van der Waals surface area contributed by atoms with Crippen molar-refractivity contribution in [3.05, 3.63) is 74.7 Å². The fourth-order valence-corrected chi connectivity index (χ4v) is 3.23. The van der Waals surface area contributed by atoms with E-state index in [2.05, 4.69) is 0 Å². The van der Waals surface area contributed by atoms with Crippen molar-refractivity contribution in [1.82, 2.24) is 0 Å². The number of anilines is 1.